The summed E-state index contributed by atoms with van der Waals surface area (Å²) >= 11 is 0. The molecule has 114 valence electrons. The minimum absolute atomic E-state index is 0.0557. The fourth-order valence-electron chi connectivity index (χ4n) is 1.36. The first kappa shape index (κ1) is 16.6. The number of nitrogens with zero attached hydrogens (tertiary/aromatic N) is 1. The Morgan fingerprint density at radius 3 is 2.52 bits per heavy atom. The van der Waals surface area contributed by atoms with Gasteiger partial charge in [0.25, 0.3) is 0 Å². The van der Waals surface area contributed by atoms with Crippen LogP contribution in [0, 0.1) is 0 Å². The Bertz CT molecular complexity index is 606. The van der Waals surface area contributed by atoms with Crippen molar-refractivity contribution < 1.29 is 27.5 Å². The van der Waals surface area contributed by atoms with E-state index in [1.54, 1.807) is 24.3 Å². The Morgan fingerprint density at radius 1 is 1.29 bits per heavy atom. The molecule has 1 amide bonds. The van der Waals surface area contributed by atoms with Crippen molar-refractivity contribution in [2.24, 2.45) is 4.36 Å². The molecule has 1 aromatic rings. The largest absolute Gasteiger partial charge is 0.467 e. The van der Waals surface area contributed by atoms with E-state index in [0.717, 1.165) is 12.7 Å². The lowest BCUT2D eigenvalue weighted by Gasteiger charge is -2.10. The molecule has 1 N–H and O–H groups in total. The van der Waals surface area contributed by atoms with E-state index in [0.29, 0.717) is 0 Å². The average molecular weight is 314 g/mol. The van der Waals surface area contributed by atoms with Crippen LogP contribution in [0.1, 0.15) is 5.56 Å². The van der Waals surface area contributed by atoms with E-state index in [2.05, 4.69) is 14.4 Å². The lowest BCUT2D eigenvalue weighted by Crippen LogP contribution is -2.36. The molecule has 1 unspecified atom stereocenters. The topological polar surface area (TPSA) is 111 Å². The minimum atomic E-state index is -2.78. The number of benzene rings is 1. The van der Waals surface area contributed by atoms with E-state index in [1.807, 2.05) is 6.07 Å². The maximum Gasteiger partial charge on any atom is 0.407 e. The molecule has 1 aromatic carbocycles. The molecule has 0 fully saturated rings. The van der Waals surface area contributed by atoms with Gasteiger partial charge in [-0.05, 0) is 5.56 Å². The first-order valence-electron chi connectivity index (χ1n) is 5.85. The maximum atomic E-state index is 11.4. The van der Waals surface area contributed by atoms with Gasteiger partial charge >= 0.3 is 22.6 Å². The zero-order valence-electron chi connectivity index (χ0n) is 11.2. The van der Waals surface area contributed by atoms with Gasteiger partial charge < -0.3 is 14.8 Å². The Balaban J connectivity index is 2.46. The van der Waals surface area contributed by atoms with Crippen LogP contribution in [0.5, 0.6) is 0 Å². The highest BCUT2D eigenvalue weighted by molar-refractivity contribution is 7.61. The van der Waals surface area contributed by atoms with Gasteiger partial charge in [0.2, 0.25) is 0 Å². The van der Waals surface area contributed by atoms with Crippen molar-refractivity contribution in [1.82, 2.24) is 5.32 Å². The second-order valence-electron chi connectivity index (χ2n) is 3.80. The SMILES string of the molecule is COC(=O)C(CNC(=O)OCc1ccccc1)N=S(=O)=O. The van der Waals surface area contributed by atoms with Crippen LogP contribution in [-0.4, -0.2) is 40.2 Å². The summed E-state index contributed by atoms with van der Waals surface area (Å²) in [6, 6.07) is 7.65. The summed E-state index contributed by atoms with van der Waals surface area (Å²) in [6.45, 7) is -0.283. The van der Waals surface area contributed by atoms with Gasteiger partial charge in [-0.25, -0.2) is 9.59 Å². The van der Waals surface area contributed by atoms with Crippen LogP contribution < -0.4 is 5.32 Å². The molecule has 0 saturated carbocycles. The Kier molecular flexibility index (Phi) is 6.88. The highest BCUT2D eigenvalue weighted by Crippen LogP contribution is 2.00. The van der Waals surface area contributed by atoms with Gasteiger partial charge in [0.15, 0.2) is 6.04 Å². The highest BCUT2D eigenvalue weighted by Gasteiger charge is 2.20. The molecule has 1 rings (SSSR count). The van der Waals surface area contributed by atoms with Crippen LogP contribution in [0.3, 0.4) is 0 Å². The molecule has 0 spiro atoms. The van der Waals surface area contributed by atoms with E-state index in [9.17, 15) is 18.0 Å². The fourth-order valence-corrected chi connectivity index (χ4v) is 1.73. The van der Waals surface area contributed by atoms with Crippen LogP contribution in [0.4, 0.5) is 4.79 Å². The summed E-state index contributed by atoms with van der Waals surface area (Å²) in [5.41, 5.74) is 0.794. The predicted octanol–water partition coefficient (Wildman–Crippen LogP) is 0.517. The van der Waals surface area contributed by atoms with Crippen molar-refractivity contribution in [2.75, 3.05) is 13.7 Å². The summed E-state index contributed by atoms with van der Waals surface area (Å²) in [5.74, 6) is -0.873. The summed E-state index contributed by atoms with van der Waals surface area (Å²) in [4.78, 5) is 22.7. The lowest BCUT2D eigenvalue weighted by molar-refractivity contribution is -0.141. The van der Waals surface area contributed by atoms with Crippen LogP contribution in [0.15, 0.2) is 34.7 Å². The number of nitrogens with one attached hydrogen (secondary N) is 1. The third-order valence-corrected chi connectivity index (χ3v) is 2.77. The Labute approximate surface area is 122 Å². The van der Waals surface area contributed by atoms with Crippen molar-refractivity contribution in [1.29, 1.82) is 0 Å². The quantitative estimate of drug-likeness (QED) is 0.766. The number of methoxy groups -OCH3 is 1. The number of alkyl carbamates (subject to hydrolysis) is 1. The molecular formula is C12H14N2O6S. The Morgan fingerprint density at radius 2 is 1.95 bits per heavy atom. The molecule has 0 aromatic heterocycles. The van der Waals surface area contributed by atoms with Gasteiger partial charge in [-0.15, -0.1) is 0 Å². The van der Waals surface area contributed by atoms with Gasteiger partial charge in [0, 0.05) is 0 Å². The number of carbonyl (C=O) groups is 2. The fraction of sp³-hybridized carbons (Fsp3) is 0.333. The zero-order chi connectivity index (χ0) is 15.7. The number of hydrogen-bond acceptors (Lipinski definition) is 7. The first-order valence-corrected chi connectivity index (χ1v) is 6.88. The number of esters is 1. The van der Waals surface area contributed by atoms with Gasteiger partial charge in [-0.2, -0.15) is 12.8 Å². The molecule has 0 bridgehead atoms. The molecule has 0 heterocycles. The molecule has 0 radical (unpaired) electrons. The third-order valence-electron chi connectivity index (χ3n) is 2.34. The molecular weight excluding hydrogens is 300 g/mol. The van der Waals surface area contributed by atoms with Crippen molar-refractivity contribution in [2.45, 2.75) is 12.6 Å². The number of rotatable bonds is 6. The average Bonchev–Trinajstić information content (AvgIpc) is 2.49. The van der Waals surface area contributed by atoms with E-state index >= 15 is 0 Å². The number of amides is 1. The molecule has 9 heteroatoms. The second-order valence-corrected chi connectivity index (χ2v) is 4.45. The lowest BCUT2D eigenvalue weighted by atomic mass is 10.2. The van der Waals surface area contributed by atoms with E-state index in [1.165, 1.54) is 0 Å². The standard InChI is InChI=1S/C12H14N2O6S/c1-19-11(15)10(14-21(17)18)7-13-12(16)20-8-9-5-3-2-4-6-9/h2-6,10H,7-8H2,1H3,(H,13,16). The van der Waals surface area contributed by atoms with Crippen molar-refractivity contribution in [3.05, 3.63) is 35.9 Å². The van der Waals surface area contributed by atoms with Gasteiger partial charge in [-0.1, -0.05) is 30.3 Å². The predicted molar refractivity (Wildman–Crippen MR) is 71.8 cm³/mol. The highest BCUT2D eigenvalue weighted by atomic mass is 32.2. The number of hydrogen-bond donors (Lipinski definition) is 1. The zero-order valence-corrected chi connectivity index (χ0v) is 12.0. The van der Waals surface area contributed by atoms with Crippen LogP contribution in [-0.2, 0) is 31.4 Å². The van der Waals surface area contributed by atoms with Crippen molar-refractivity contribution in [3.63, 3.8) is 0 Å². The summed E-state index contributed by atoms with van der Waals surface area (Å²) < 4.78 is 33.3. The third kappa shape index (κ3) is 6.52. The van der Waals surface area contributed by atoms with Crippen molar-refractivity contribution in [3.8, 4) is 0 Å². The number of carbonyl (C=O) groups excluding carboxylic acids is 2. The smallest absolute Gasteiger partial charge is 0.407 e. The van der Waals surface area contributed by atoms with Gasteiger partial charge in [0.1, 0.15) is 6.61 Å². The van der Waals surface area contributed by atoms with Crippen molar-refractivity contribution >= 4 is 22.6 Å². The van der Waals surface area contributed by atoms with Crippen LogP contribution >= 0.6 is 0 Å². The molecule has 1 atom stereocenters. The van der Waals surface area contributed by atoms with E-state index in [4.69, 9.17) is 4.74 Å². The number of ether oxygens (including phenoxy) is 2. The molecule has 0 aliphatic rings. The summed E-state index contributed by atoms with van der Waals surface area (Å²) in [7, 11) is -1.69. The second kappa shape index (κ2) is 8.69. The first-order chi connectivity index (χ1) is 10.0. The minimum Gasteiger partial charge on any atom is -0.467 e. The monoisotopic (exact) mass is 314 g/mol. The molecule has 21 heavy (non-hydrogen) atoms. The van der Waals surface area contributed by atoms with E-state index in [-0.39, 0.29) is 13.2 Å². The van der Waals surface area contributed by atoms with Gasteiger partial charge in [-0.3, -0.25) is 0 Å². The maximum absolute atomic E-state index is 11.4. The summed E-state index contributed by atoms with van der Waals surface area (Å²) in [5, 5.41) is 2.24. The Hall–Kier alpha value is -2.42. The molecule has 0 aliphatic heterocycles. The normalized spacial score (nSPS) is 11.1. The van der Waals surface area contributed by atoms with Gasteiger partial charge in [0.05, 0.1) is 13.7 Å². The molecule has 0 saturated heterocycles. The van der Waals surface area contributed by atoms with Crippen LogP contribution in [0.2, 0.25) is 0 Å². The van der Waals surface area contributed by atoms with E-state index < -0.39 is 28.6 Å². The summed E-state index contributed by atoms with van der Waals surface area (Å²) in [6.07, 6.45) is -0.792. The molecule has 8 nitrogen and oxygen atoms in total. The van der Waals surface area contributed by atoms with Crippen LogP contribution in [0.25, 0.3) is 0 Å². The molecule has 0 aliphatic carbocycles.